The zero-order valence-corrected chi connectivity index (χ0v) is 11.4. The molecule has 18 heavy (non-hydrogen) atoms. The van der Waals surface area contributed by atoms with Crippen LogP contribution in [0.5, 0.6) is 0 Å². The number of aromatic amines is 1. The molecule has 0 aliphatic rings. The van der Waals surface area contributed by atoms with E-state index in [0.717, 1.165) is 34.8 Å². The summed E-state index contributed by atoms with van der Waals surface area (Å²) in [7, 11) is 1.70. The van der Waals surface area contributed by atoms with E-state index in [9.17, 15) is 0 Å². The molecular weight excluding hydrogens is 250 g/mol. The highest BCUT2D eigenvalue weighted by Gasteiger charge is 2.09. The van der Waals surface area contributed by atoms with Crippen LogP contribution in [0.15, 0.2) is 11.2 Å². The Hall–Kier alpha value is -1.34. The minimum Gasteiger partial charge on any atom is -0.384 e. The topological polar surface area (TPSA) is 75.7 Å². The predicted molar refractivity (Wildman–Crippen MR) is 73.1 cm³/mol. The SMILES string of the molecule is CCCNc1nc(SCCOC)c2cn[nH]c2n1. The van der Waals surface area contributed by atoms with Gasteiger partial charge in [0.15, 0.2) is 5.65 Å². The molecular formula is C11H17N5OS. The summed E-state index contributed by atoms with van der Waals surface area (Å²) >= 11 is 1.65. The molecule has 0 aromatic carbocycles. The molecule has 0 unspecified atom stereocenters. The predicted octanol–water partition coefficient (Wildman–Crippen LogP) is 1.91. The second-order valence-corrected chi connectivity index (χ2v) is 4.84. The van der Waals surface area contributed by atoms with E-state index in [1.165, 1.54) is 0 Å². The Balaban J connectivity index is 2.21. The number of rotatable bonds is 7. The highest BCUT2D eigenvalue weighted by Crippen LogP contribution is 2.25. The molecule has 0 fully saturated rings. The van der Waals surface area contributed by atoms with Crippen LogP contribution in [-0.2, 0) is 4.74 Å². The molecule has 2 aromatic heterocycles. The van der Waals surface area contributed by atoms with Gasteiger partial charge >= 0.3 is 0 Å². The number of ether oxygens (including phenoxy) is 1. The number of aromatic nitrogens is 4. The van der Waals surface area contributed by atoms with Gasteiger partial charge in [0.1, 0.15) is 5.03 Å². The van der Waals surface area contributed by atoms with E-state index < -0.39 is 0 Å². The lowest BCUT2D eigenvalue weighted by Gasteiger charge is -2.06. The van der Waals surface area contributed by atoms with Crippen molar-refractivity contribution in [1.82, 2.24) is 20.2 Å². The molecule has 7 heteroatoms. The van der Waals surface area contributed by atoms with E-state index >= 15 is 0 Å². The summed E-state index contributed by atoms with van der Waals surface area (Å²) in [6, 6.07) is 0. The van der Waals surface area contributed by atoms with Crippen LogP contribution >= 0.6 is 11.8 Å². The fourth-order valence-electron chi connectivity index (χ4n) is 1.46. The molecule has 0 atom stereocenters. The van der Waals surface area contributed by atoms with Crippen LogP contribution in [0.25, 0.3) is 11.0 Å². The van der Waals surface area contributed by atoms with Gasteiger partial charge in [-0.2, -0.15) is 10.1 Å². The molecule has 0 amide bonds. The van der Waals surface area contributed by atoms with Gasteiger partial charge in [-0.3, -0.25) is 5.10 Å². The Labute approximate surface area is 110 Å². The van der Waals surface area contributed by atoms with Crippen LogP contribution in [0, 0.1) is 0 Å². The average molecular weight is 267 g/mol. The summed E-state index contributed by atoms with van der Waals surface area (Å²) in [6.07, 6.45) is 2.80. The van der Waals surface area contributed by atoms with Crippen molar-refractivity contribution in [2.75, 3.05) is 31.3 Å². The van der Waals surface area contributed by atoms with Crippen molar-refractivity contribution < 1.29 is 4.74 Å². The highest BCUT2D eigenvalue weighted by atomic mass is 32.2. The molecule has 0 spiro atoms. The summed E-state index contributed by atoms with van der Waals surface area (Å²) in [5, 5.41) is 12.0. The zero-order chi connectivity index (χ0) is 12.8. The first kappa shape index (κ1) is 13.1. The van der Waals surface area contributed by atoms with E-state index in [2.05, 4.69) is 32.4 Å². The van der Waals surface area contributed by atoms with Gasteiger partial charge in [0.05, 0.1) is 18.2 Å². The first-order valence-electron chi connectivity index (χ1n) is 5.92. The number of anilines is 1. The number of hydrogen-bond acceptors (Lipinski definition) is 6. The molecule has 0 aliphatic heterocycles. The smallest absolute Gasteiger partial charge is 0.225 e. The van der Waals surface area contributed by atoms with Gasteiger partial charge in [-0.05, 0) is 6.42 Å². The fraction of sp³-hybridized carbons (Fsp3) is 0.545. The number of nitrogens with one attached hydrogen (secondary N) is 2. The van der Waals surface area contributed by atoms with Crippen molar-refractivity contribution in [3.8, 4) is 0 Å². The lowest BCUT2D eigenvalue weighted by atomic mass is 10.4. The van der Waals surface area contributed by atoms with Crippen LogP contribution in [0.3, 0.4) is 0 Å². The molecule has 98 valence electrons. The van der Waals surface area contributed by atoms with Crippen molar-refractivity contribution in [3.05, 3.63) is 6.20 Å². The fourth-order valence-corrected chi connectivity index (χ4v) is 2.36. The average Bonchev–Trinajstić information content (AvgIpc) is 2.85. The lowest BCUT2D eigenvalue weighted by molar-refractivity contribution is 0.218. The van der Waals surface area contributed by atoms with Crippen LogP contribution in [-0.4, -0.2) is 46.2 Å². The Bertz CT molecular complexity index is 501. The third-order valence-electron chi connectivity index (χ3n) is 2.33. The van der Waals surface area contributed by atoms with Crippen molar-refractivity contribution in [2.24, 2.45) is 0 Å². The second kappa shape index (κ2) is 6.55. The van der Waals surface area contributed by atoms with Crippen LogP contribution in [0.4, 0.5) is 5.95 Å². The third kappa shape index (κ3) is 3.11. The van der Waals surface area contributed by atoms with Gasteiger partial charge in [0, 0.05) is 19.4 Å². The molecule has 0 bridgehead atoms. The number of nitrogens with zero attached hydrogens (tertiary/aromatic N) is 3. The molecule has 2 aromatic rings. The van der Waals surface area contributed by atoms with Gasteiger partial charge in [-0.1, -0.05) is 6.92 Å². The minimum absolute atomic E-state index is 0.647. The summed E-state index contributed by atoms with van der Waals surface area (Å²) < 4.78 is 5.05. The molecule has 2 N–H and O–H groups in total. The summed E-state index contributed by atoms with van der Waals surface area (Å²) in [4.78, 5) is 8.88. The standard InChI is InChI=1S/C11H17N5OS/c1-3-4-12-11-14-9-8(7-13-16-9)10(15-11)18-6-5-17-2/h7H,3-6H2,1-2H3,(H2,12,13,14,15,16). The van der Waals surface area contributed by atoms with E-state index in [-0.39, 0.29) is 0 Å². The first-order chi connectivity index (χ1) is 8.85. The third-order valence-corrected chi connectivity index (χ3v) is 3.29. The van der Waals surface area contributed by atoms with E-state index in [1.807, 2.05) is 0 Å². The first-order valence-corrected chi connectivity index (χ1v) is 6.90. The summed E-state index contributed by atoms with van der Waals surface area (Å²) in [5.41, 5.74) is 0.767. The number of H-pyrrole nitrogens is 1. The molecule has 0 saturated carbocycles. The van der Waals surface area contributed by atoms with Gasteiger partial charge in [0.25, 0.3) is 0 Å². The number of methoxy groups -OCH3 is 1. The van der Waals surface area contributed by atoms with Crippen molar-refractivity contribution in [2.45, 2.75) is 18.4 Å². The van der Waals surface area contributed by atoms with Gasteiger partial charge in [-0.15, -0.1) is 11.8 Å². The van der Waals surface area contributed by atoms with Crippen LogP contribution in [0.2, 0.25) is 0 Å². The number of hydrogen-bond donors (Lipinski definition) is 2. The summed E-state index contributed by atoms with van der Waals surface area (Å²) in [5.74, 6) is 1.51. The maximum absolute atomic E-state index is 5.05. The van der Waals surface area contributed by atoms with Crippen LogP contribution in [0.1, 0.15) is 13.3 Å². The highest BCUT2D eigenvalue weighted by molar-refractivity contribution is 7.99. The maximum Gasteiger partial charge on any atom is 0.225 e. The van der Waals surface area contributed by atoms with Crippen LogP contribution < -0.4 is 5.32 Å². The zero-order valence-electron chi connectivity index (χ0n) is 10.6. The van der Waals surface area contributed by atoms with Crippen molar-refractivity contribution in [3.63, 3.8) is 0 Å². The lowest BCUT2D eigenvalue weighted by Crippen LogP contribution is -2.05. The normalized spacial score (nSPS) is 11.0. The monoisotopic (exact) mass is 267 g/mol. The molecule has 0 saturated heterocycles. The second-order valence-electron chi connectivity index (χ2n) is 3.75. The van der Waals surface area contributed by atoms with E-state index in [1.54, 1.807) is 25.1 Å². The van der Waals surface area contributed by atoms with Gasteiger partial charge in [-0.25, -0.2) is 4.98 Å². The molecule has 6 nitrogen and oxygen atoms in total. The number of thioether (sulfide) groups is 1. The van der Waals surface area contributed by atoms with E-state index in [4.69, 9.17) is 4.74 Å². The Morgan fingerprint density at radius 2 is 2.33 bits per heavy atom. The molecule has 0 aliphatic carbocycles. The Morgan fingerprint density at radius 1 is 1.44 bits per heavy atom. The Morgan fingerprint density at radius 3 is 3.11 bits per heavy atom. The largest absolute Gasteiger partial charge is 0.384 e. The summed E-state index contributed by atoms with van der Waals surface area (Å²) in [6.45, 7) is 3.67. The number of fused-ring (bicyclic) bond motifs is 1. The van der Waals surface area contributed by atoms with Crippen molar-refractivity contribution >= 4 is 28.7 Å². The minimum atomic E-state index is 0.647. The molecule has 2 heterocycles. The molecule has 0 radical (unpaired) electrons. The van der Waals surface area contributed by atoms with Gasteiger partial charge < -0.3 is 10.1 Å². The van der Waals surface area contributed by atoms with Gasteiger partial charge in [0.2, 0.25) is 5.95 Å². The Kier molecular flexibility index (Phi) is 4.77. The maximum atomic E-state index is 5.05. The quantitative estimate of drug-likeness (QED) is 0.453. The van der Waals surface area contributed by atoms with Crippen molar-refractivity contribution in [1.29, 1.82) is 0 Å². The van der Waals surface area contributed by atoms with E-state index in [0.29, 0.717) is 12.6 Å². The molecule has 2 rings (SSSR count).